The fourth-order valence-electron chi connectivity index (χ4n) is 3.49. The molecule has 1 aromatic rings. The lowest BCUT2D eigenvalue weighted by atomic mass is 9.83. The van der Waals surface area contributed by atoms with E-state index in [2.05, 4.69) is 37.8 Å². The number of rotatable bonds is 5. The number of hydrogen-bond donors (Lipinski definition) is 1. The van der Waals surface area contributed by atoms with Crippen LogP contribution in [0.1, 0.15) is 58.4 Å². The fourth-order valence-corrected chi connectivity index (χ4v) is 3.49. The van der Waals surface area contributed by atoms with Crippen LogP contribution >= 0.6 is 0 Å². The Bertz CT molecular complexity index is 406. The maximum atomic E-state index is 6.12. The topological polar surface area (TPSA) is 29.3 Å². The average molecular weight is 274 g/mol. The van der Waals surface area contributed by atoms with E-state index in [9.17, 15) is 0 Å². The number of nitrogens with zero attached hydrogens (tertiary/aromatic N) is 1. The highest BCUT2D eigenvalue weighted by atomic mass is 15.2. The van der Waals surface area contributed by atoms with E-state index in [0.29, 0.717) is 6.04 Å². The molecular weight excluding hydrogens is 244 g/mol. The van der Waals surface area contributed by atoms with Gasteiger partial charge in [0.25, 0.3) is 0 Å². The second-order valence-corrected chi connectivity index (χ2v) is 6.55. The van der Waals surface area contributed by atoms with Crippen LogP contribution in [0.5, 0.6) is 0 Å². The molecule has 1 aliphatic carbocycles. The Kier molecular flexibility index (Phi) is 5.47. The minimum Gasteiger partial charge on any atom is -0.398 e. The molecule has 0 saturated heterocycles. The van der Waals surface area contributed by atoms with Gasteiger partial charge in [0.2, 0.25) is 0 Å². The smallest absolute Gasteiger partial charge is 0.0359 e. The van der Waals surface area contributed by atoms with Gasteiger partial charge in [-0.25, -0.2) is 0 Å². The lowest BCUT2D eigenvalue weighted by Crippen LogP contribution is -2.42. The first kappa shape index (κ1) is 15.4. The molecule has 0 amide bonds. The van der Waals surface area contributed by atoms with Crippen LogP contribution in [-0.4, -0.2) is 17.0 Å². The number of hydrogen-bond acceptors (Lipinski definition) is 2. The minimum absolute atomic E-state index is 0.581. The van der Waals surface area contributed by atoms with Gasteiger partial charge in [-0.2, -0.15) is 0 Å². The summed E-state index contributed by atoms with van der Waals surface area (Å²) in [5.74, 6) is 0.960. The predicted molar refractivity (Wildman–Crippen MR) is 87.6 cm³/mol. The van der Waals surface area contributed by atoms with Gasteiger partial charge in [0, 0.05) is 24.3 Å². The molecule has 2 heteroatoms. The first-order valence-corrected chi connectivity index (χ1v) is 8.21. The molecule has 0 bridgehead atoms. The van der Waals surface area contributed by atoms with E-state index < -0.39 is 0 Å². The largest absolute Gasteiger partial charge is 0.398 e. The summed E-state index contributed by atoms with van der Waals surface area (Å²) in [7, 11) is 0. The Balaban J connectivity index is 2.03. The third-order valence-corrected chi connectivity index (χ3v) is 4.93. The molecule has 0 spiro atoms. The molecule has 20 heavy (non-hydrogen) atoms. The van der Waals surface area contributed by atoms with Crippen molar-refractivity contribution in [1.82, 2.24) is 4.90 Å². The van der Waals surface area contributed by atoms with Crippen LogP contribution in [0.3, 0.4) is 0 Å². The Morgan fingerprint density at radius 3 is 2.35 bits per heavy atom. The first-order chi connectivity index (χ1) is 9.61. The Hall–Kier alpha value is -1.02. The summed E-state index contributed by atoms with van der Waals surface area (Å²) in [5.41, 5.74) is 8.32. The maximum Gasteiger partial charge on any atom is 0.0359 e. The highest BCUT2D eigenvalue weighted by molar-refractivity contribution is 5.46. The summed E-state index contributed by atoms with van der Waals surface area (Å²) >= 11 is 0. The van der Waals surface area contributed by atoms with Crippen molar-refractivity contribution < 1.29 is 0 Å². The number of nitrogen functional groups attached to an aromatic ring is 1. The normalized spacial score (nSPS) is 23.4. The Morgan fingerprint density at radius 2 is 1.80 bits per heavy atom. The van der Waals surface area contributed by atoms with Gasteiger partial charge < -0.3 is 5.73 Å². The molecule has 1 fully saturated rings. The Morgan fingerprint density at radius 1 is 1.15 bits per heavy atom. The second-order valence-electron chi connectivity index (χ2n) is 6.55. The maximum absolute atomic E-state index is 6.12. The quantitative estimate of drug-likeness (QED) is 0.804. The zero-order valence-corrected chi connectivity index (χ0v) is 13.3. The van der Waals surface area contributed by atoms with Crippen molar-refractivity contribution in [3.05, 3.63) is 29.8 Å². The monoisotopic (exact) mass is 274 g/mol. The van der Waals surface area contributed by atoms with Crippen LogP contribution in [0.4, 0.5) is 5.69 Å². The number of para-hydroxylation sites is 1. The van der Waals surface area contributed by atoms with E-state index >= 15 is 0 Å². The van der Waals surface area contributed by atoms with Gasteiger partial charge in [0.1, 0.15) is 0 Å². The lowest BCUT2D eigenvalue weighted by Gasteiger charge is -2.39. The van der Waals surface area contributed by atoms with Crippen LogP contribution in [-0.2, 0) is 6.54 Å². The van der Waals surface area contributed by atoms with Crippen LogP contribution in [0, 0.1) is 5.92 Å². The third-order valence-electron chi connectivity index (χ3n) is 4.93. The standard InChI is InChI=1S/C18H30N2/c1-4-15-9-11-17(12-10-15)20(14(2)3)13-16-7-5-6-8-18(16)19/h5-8,14-15,17H,4,9-13,19H2,1-3H3. The molecule has 0 radical (unpaired) electrons. The molecule has 0 atom stereocenters. The molecule has 2 rings (SSSR count). The molecule has 1 aromatic carbocycles. The summed E-state index contributed by atoms with van der Waals surface area (Å²) in [4.78, 5) is 2.65. The summed E-state index contributed by atoms with van der Waals surface area (Å²) in [6.45, 7) is 7.94. The van der Waals surface area contributed by atoms with Gasteiger partial charge in [0.05, 0.1) is 0 Å². The van der Waals surface area contributed by atoms with Crippen LogP contribution in [0.25, 0.3) is 0 Å². The van der Waals surface area contributed by atoms with Crippen LogP contribution in [0.2, 0.25) is 0 Å². The zero-order valence-electron chi connectivity index (χ0n) is 13.3. The van der Waals surface area contributed by atoms with Crippen molar-refractivity contribution in [3.63, 3.8) is 0 Å². The van der Waals surface area contributed by atoms with Crippen molar-refractivity contribution in [2.45, 2.75) is 71.5 Å². The first-order valence-electron chi connectivity index (χ1n) is 8.21. The van der Waals surface area contributed by atoms with Crippen molar-refractivity contribution in [3.8, 4) is 0 Å². The molecule has 2 nitrogen and oxygen atoms in total. The lowest BCUT2D eigenvalue weighted by molar-refractivity contribution is 0.0970. The minimum atomic E-state index is 0.581. The number of anilines is 1. The fraction of sp³-hybridized carbons (Fsp3) is 0.667. The summed E-state index contributed by atoms with van der Waals surface area (Å²) < 4.78 is 0. The van der Waals surface area contributed by atoms with Gasteiger partial charge in [-0.1, -0.05) is 31.5 Å². The van der Waals surface area contributed by atoms with Gasteiger partial charge in [-0.05, 0) is 57.1 Å². The highest BCUT2D eigenvalue weighted by Gasteiger charge is 2.26. The van der Waals surface area contributed by atoms with Gasteiger partial charge in [-0.3, -0.25) is 4.90 Å². The Labute approximate surface area is 124 Å². The molecule has 0 heterocycles. The molecule has 1 aliphatic rings. The molecule has 0 aliphatic heterocycles. The predicted octanol–water partition coefficient (Wildman–Crippen LogP) is 4.45. The van der Waals surface area contributed by atoms with Crippen molar-refractivity contribution in [1.29, 1.82) is 0 Å². The van der Waals surface area contributed by atoms with Crippen LogP contribution in [0.15, 0.2) is 24.3 Å². The molecular formula is C18H30N2. The second kappa shape index (κ2) is 7.12. The summed E-state index contributed by atoms with van der Waals surface area (Å²) in [6, 6.07) is 9.61. The molecule has 1 saturated carbocycles. The molecule has 2 N–H and O–H groups in total. The zero-order chi connectivity index (χ0) is 14.5. The SMILES string of the molecule is CCC1CCC(N(Cc2ccccc2N)C(C)C)CC1. The summed E-state index contributed by atoms with van der Waals surface area (Å²) in [5, 5.41) is 0. The van der Waals surface area contributed by atoms with Crippen molar-refractivity contribution in [2.24, 2.45) is 5.92 Å². The van der Waals surface area contributed by atoms with E-state index in [4.69, 9.17) is 5.73 Å². The van der Waals surface area contributed by atoms with E-state index in [0.717, 1.165) is 24.2 Å². The van der Waals surface area contributed by atoms with E-state index in [1.807, 2.05) is 12.1 Å². The van der Waals surface area contributed by atoms with E-state index in [1.165, 1.54) is 37.7 Å². The average Bonchev–Trinajstić information content (AvgIpc) is 2.46. The van der Waals surface area contributed by atoms with Crippen molar-refractivity contribution >= 4 is 5.69 Å². The molecule has 112 valence electrons. The molecule has 0 aromatic heterocycles. The number of benzene rings is 1. The van der Waals surface area contributed by atoms with Crippen molar-refractivity contribution in [2.75, 3.05) is 5.73 Å². The van der Waals surface area contributed by atoms with Gasteiger partial charge in [0.15, 0.2) is 0 Å². The highest BCUT2D eigenvalue weighted by Crippen LogP contribution is 2.31. The third kappa shape index (κ3) is 3.76. The van der Waals surface area contributed by atoms with E-state index in [-0.39, 0.29) is 0 Å². The molecule has 0 unspecified atom stereocenters. The van der Waals surface area contributed by atoms with Crippen LogP contribution < -0.4 is 5.73 Å². The summed E-state index contributed by atoms with van der Waals surface area (Å²) in [6.07, 6.45) is 6.84. The van der Waals surface area contributed by atoms with Gasteiger partial charge in [-0.15, -0.1) is 0 Å². The van der Waals surface area contributed by atoms with Gasteiger partial charge >= 0.3 is 0 Å². The number of nitrogens with two attached hydrogens (primary N) is 1. The van der Waals surface area contributed by atoms with E-state index in [1.54, 1.807) is 0 Å².